The van der Waals surface area contributed by atoms with Crippen LogP contribution in [0.1, 0.15) is 96.7 Å². The molecule has 0 saturated carbocycles. The minimum Gasteiger partial charge on any atom is -0.444 e. The monoisotopic (exact) mass is 596 g/mol. The second kappa shape index (κ2) is 19.0. The van der Waals surface area contributed by atoms with Crippen LogP contribution in [0.5, 0.6) is 0 Å². The molecule has 1 aromatic rings. The molecule has 0 unspecified atom stereocenters. The number of nitrogens with zero attached hydrogens (tertiary/aromatic N) is 5. The van der Waals surface area contributed by atoms with Gasteiger partial charge in [0.15, 0.2) is 0 Å². The molecule has 1 aliphatic heterocycles. The second-order valence-corrected chi connectivity index (χ2v) is 12.7. The van der Waals surface area contributed by atoms with Crippen LogP contribution < -0.4 is 5.32 Å². The Labute approximate surface area is 250 Å². The number of hydrogen-bond acceptors (Lipinski definition) is 8. The van der Waals surface area contributed by atoms with E-state index in [2.05, 4.69) is 15.6 Å². The van der Waals surface area contributed by atoms with E-state index in [4.69, 9.17) is 9.84 Å². The molecule has 2 heterocycles. The summed E-state index contributed by atoms with van der Waals surface area (Å²) in [5.74, 6) is 1.01. The lowest BCUT2D eigenvalue weighted by Crippen LogP contribution is -2.51. The molecule has 0 spiro atoms. The predicted octanol–water partition coefficient (Wildman–Crippen LogP) is 3.81. The van der Waals surface area contributed by atoms with Gasteiger partial charge in [0.1, 0.15) is 11.6 Å². The smallest absolute Gasteiger partial charge is 0.410 e. The van der Waals surface area contributed by atoms with Crippen molar-refractivity contribution in [1.82, 2.24) is 30.1 Å². The molecule has 3 amide bonds. The van der Waals surface area contributed by atoms with Gasteiger partial charge in [-0.3, -0.25) is 9.59 Å². The fourth-order valence-electron chi connectivity index (χ4n) is 4.72. The van der Waals surface area contributed by atoms with Crippen LogP contribution in [0.4, 0.5) is 4.79 Å². The summed E-state index contributed by atoms with van der Waals surface area (Å²) in [5.41, 5.74) is 0.183. The molecular formula is C29H52N6O5S. The fourth-order valence-corrected chi connectivity index (χ4v) is 5.18. The number of carbonyl (C=O) groups excluding carboxylic acids is 3. The number of amides is 3. The minimum atomic E-state index is -0.508. The number of piperazine rings is 1. The summed E-state index contributed by atoms with van der Waals surface area (Å²) in [7, 11) is 0. The van der Waals surface area contributed by atoms with Gasteiger partial charge in [0, 0.05) is 58.4 Å². The summed E-state index contributed by atoms with van der Waals surface area (Å²) < 4.78 is 7.04. The summed E-state index contributed by atoms with van der Waals surface area (Å²) in [4.78, 5) is 41.0. The van der Waals surface area contributed by atoms with Crippen LogP contribution in [0.2, 0.25) is 0 Å². The maximum Gasteiger partial charge on any atom is 0.410 e. The summed E-state index contributed by atoms with van der Waals surface area (Å²) in [6.07, 6.45) is 13.7. The van der Waals surface area contributed by atoms with E-state index in [1.165, 1.54) is 0 Å². The number of nitrogens with one attached hydrogen (secondary N) is 1. The average Bonchev–Trinajstić information content (AvgIpc) is 3.39. The highest BCUT2D eigenvalue weighted by Crippen LogP contribution is 2.16. The average molecular weight is 597 g/mol. The van der Waals surface area contributed by atoms with Crippen molar-refractivity contribution in [3.63, 3.8) is 0 Å². The summed E-state index contributed by atoms with van der Waals surface area (Å²) >= 11 is 1.70. The SMILES string of the molecule is CSCC[C@@H](C(=O)NCCCCCCCCCCC(=O)N1CCN(C(=O)OC(C)(C)C)CC1)n1cc(CCO)nn1. The van der Waals surface area contributed by atoms with Crippen LogP contribution in [0.15, 0.2) is 6.20 Å². The Bertz CT molecular complexity index is 914. The molecule has 12 heteroatoms. The largest absolute Gasteiger partial charge is 0.444 e. The Balaban J connectivity index is 1.49. The highest BCUT2D eigenvalue weighted by Gasteiger charge is 2.27. The van der Waals surface area contributed by atoms with E-state index in [1.54, 1.807) is 27.5 Å². The fraction of sp³-hybridized carbons (Fsp3) is 0.828. The first-order valence-corrected chi connectivity index (χ1v) is 16.6. The molecule has 0 aliphatic carbocycles. The van der Waals surface area contributed by atoms with Crippen molar-refractivity contribution < 1.29 is 24.2 Å². The van der Waals surface area contributed by atoms with Crippen molar-refractivity contribution in [3.05, 3.63) is 11.9 Å². The number of aromatic nitrogens is 3. The van der Waals surface area contributed by atoms with E-state index in [-0.39, 0.29) is 30.6 Å². The van der Waals surface area contributed by atoms with Gasteiger partial charge in [-0.2, -0.15) is 11.8 Å². The van der Waals surface area contributed by atoms with Crippen LogP contribution in [0, 0.1) is 0 Å². The molecule has 234 valence electrons. The maximum atomic E-state index is 12.8. The lowest BCUT2D eigenvalue weighted by molar-refractivity contribution is -0.133. The van der Waals surface area contributed by atoms with E-state index in [0.29, 0.717) is 57.7 Å². The van der Waals surface area contributed by atoms with Gasteiger partial charge in [-0.05, 0) is 52.0 Å². The molecule has 0 aromatic carbocycles. The zero-order valence-electron chi connectivity index (χ0n) is 25.6. The minimum absolute atomic E-state index is 0.0116. The Hall–Kier alpha value is -2.34. The van der Waals surface area contributed by atoms with Gasteiger partial charge in [0.05, 0.1) is 5.69 Å². The molecular weight excluding hydrogens is 544 g/mol. The van der Waals surface area contributed by atoms with Crippen molar-refractivity contribution in [3.8, 4) is 0 Å². The van der Waals surface area contributed by atoms with Gasteiger partial charge in [0.25, 0.3) is 0 Å². The van der Waals surface area contributed by atoms with Crippen molar-refractivity contribution in [2.45, 2.75) is 103 Å². The number of rotatable bonds is 18. The van der Waals surface area contributed by atoms with Crippen LogP contribution in [-0.2, 0) is 20.7 Å². The summed E-state index contributed by atoms with van der Waals surface area (Å²) in [5, 5.41) is 20.3. The Morgan fingerprint density at radius 3 is 2.22 bits per heavy atom. The molecule has 41 heavy (non-hydrogen) atoms. The van der Waals surface area contributed by atoms with Gasteiger partial charge < -0.3 is 25.0 Å². The Morgan fingerprint density at radius 1 is 1.00 bits per heavy atom. The van der Waals surface area contributed by atoms with Gasteiger partial charge in [-0.15, -0.1) is 5.10 Å². The van der Waals surface area contributed by atoms with E-state index in [9.17, 15) is 14.4 Å². The van der Waals surface area contributed by atoms with Crippen LogP contribution in [0.25, 0.3) is 0 Å². The molecule has 0 radical (unpaired) electrons. The number of aliphatic hydroxyl groups excluding tert-OH is 1. The molecule has 0 bridgehead atoms. The first-order chi connectivity index (χ1) is 19.6. The molecule has 1 aromatic heterocycles. The highest BCUT2D eigenvalue weighted by molar-refractivity contribution is 7.98. The summed E-state index contributed by atoms with van der Waals surface area (Å²) in [6.45, 7) is 8.43. The van der Waals surface area contributed by atoms with Crippen molar-refractivity contribution in [2.75, 3.05) is 51.3 Å². The molecule has 2 rings (SSSR count). The van der Waals surface area contributed by atoms with Gasteiger partial charge in [0.2, 0.25) is 11.8 Å². The second-order valence-electron chi connectivity index (χ2n) is 11.7. The lowest BCUT2D eigenvalue weighted by Gasteiger charge is -2.35. The summed E-state index contributed by atoms with van der Waals surface area (Å²) in [6, 6.07) is -0.379. The zero-order chi connectivity index (χ0) is 30.1. The van der Waals surface area contributed by atoms with Gasteiger partial charge in [-0.1, -0.05) is 43.7 Å². The van der Waals surface area contributed by atoms with E-state index in [0.717, 1.165) is 57.1 Å². The van der Waals surface area contributed by atoms with Crippen LogP contribution in [0.3, 0.4) is 0 Å². The number of thioether (sulfide) groups is 1. The third kappa shape index (κ3) is 13.9. The number of unbranched alkanes of at least 4 members (excludes halogenated alkanes) is 7. The topological polar surface area (TPSA) is 130 Å². The first-order valence-electron chi connectivity index (χ1n) is 15.2. The molecule has 1 fully saturated rings. The quantitative estimate of drug-likeness (QED) is 0.245. The number of aliphatic hydroxyl groups is 1. The highest BCUT2D eigenvalue weighted by atomic mass is 32.2. The number of hydrogen-bond donors (Lipinski definition) is 2. The van der Waals surface area contributed by atoms with E-state index in [1.807, 2.05) is 31.9 Å². The first kappa shape index (κ1) is 34.9. The van der Waals surface area contributed by atoms with Crippen LogP contribution >= 0.6 is 11.8 Å². The number of carbonyl (C=O) groups is 3. The third-order valence-corrected chi connectivity index (χ3v) is 7.69. The predicted molar refractivity (Wildman–Crippen MR) is 162 cm³/mol. The standard InChI is InChI=1S/C29H52N6O5S/c1-29(2,3)40-28(39)34-19-17-33(18-20-34)26(37)13-11-9-7-5-6-8-10-12-16-30-27(38)25(15-22-41-4)35-23-24(14-21-36)31-32-35/h23,25,36H,5-22H2,1-4H3,(H,30,38)/t25-/m0/s1. The van der Waals surface area contributed by atoms with Crippen molar-refractivity contribution >= 4 is 29.7 Å². The molecule has 11 nitrogen and oxygen atoms in total. The lowest BCUT2D eigenvalue weighted by atomic mass is 10.1. The van der Waals surface area contributed by atoms with Crippen molar-refractivity contribution in [1.29, 1.82) is 0 Å². The van der Waals surface area contributed by atoms with Gasteiger partial charge in [-0.25, -0.2) is 9.48 Å². The molecule has 2 N–H and O–H groups in total. The van der Waals surface area contributed by atoms with E-state index >= 15 is 0 Å². The normalized spacial score (nSPS) is 14.7. The molecule has 1 saturated heterocycles. The Kier molecular flexibility index (Phi) is 16.1. The molecule has 1 aliphatic rings. The molecule has 1 atom stereocenters. The van der Waals surface area contributed by atoms with Crippen molar-refractivity contribution in [2.24, 2.45) is 0 Å². The Morgan fingerprint density at radius 2 is 1.61 bits per heavy atom. The maximum absolute atomic E-state index is 12.8. The van der Waals surface area contributed by atoms with Gasteiger partial charge >= 0.3 is 6.09 Å². The van der Waals surface area contributed by atoms with E-state index < -0.39 is 5.60 Å². The number of ether oxygens (including phenoxy) is 1. The van der Waals surface area contributed by atoms with Crippen LogP contribution in [-0.4, -0.2) is 105 Å². The third-order valence-electron chi connectivity index (χ3n) is 7.04. The zero-order valence-corrected chi connectivity index (χ0v) is 26.4.